The largest absolute Gasteiger partial charge is 0.382 e. The third kappa shape index (κ3) is 2.07. The molecule has 1 aliphatic rings. The molecule has 1 saturated heterocycles. The number of hydrogen-bond acceptors (Lipinski definition) is 2. The summed E-state index contributed by atoms with van der Waals surface area (Å²) in [6, 6.07) is 0. The Bertz CT molecular complexity index is 94.3. The summed E-state index contributed by atoms with van der Waals surface area (Å²) in [6.07, 6.45) is 3.74. The van der Waals surface area contributed by atoms with E-state index in [9.17, 15) is 0 Å². The minimum absolute atomic E-state index is 0.146. The highest BCUT2D eigenvalue weighted by atomic mass is 28.1. The minimum atomic E-state index is 0.146. The monoisotopic (exact) mass is 160 g/mol. The molecule has 2 nitrogen and oxygen atoms in total. The SMILES string of the molecule is COCC1([SiH3])CCCCO1. The molecule has 0 bridgehead atoms. The van der Waals surface area contributed by atoms with E-state index >= 15 is 0 Å². The first-order chi connectivity index (χ1) is 4.77. The summed E-state index contributed by atoms with van der Waals surface area (Å²) < 4.78 is 10.7. The fraction of sp³-hybridized carbons (Fsp3) is 1.00. The lowest BCUT2D eigenvalue weighted by molar-refractivity contribution is -0.0598. The number of hydrogen-bond donors (Lipinski definition) is 0. The fourth-order valence-corrected chi connectivity index (χ4v) is 2.26. The van der Waals surface area contributed by atoms with Crippen molar-refractivity contribution in [1.82, 2.24) is 0 Å². The molecule has 0 spiro atoms. The lowest BCUT2D eigenvalue weighted by atomic mass is 10.1. The van der Waals surface area contributed by atoms with Gasteiger partial charge < -0.3 is 9.47 Å². The van der Waals surface area contributed by atoms with E-state index in [1.807, 2.05) is 0 Å². The molecular weight excluding hydrogens is 144 g/mol. The first-order valence-corrected chi connectivity index (χ1v) is 4.90. The lowest BCUT2D eigenvalue weighted by Crippen LogP contribution is -2.41. The number of methoxy groups -OCH3 is 1. The van der Waals surface area contributed by atoms with Crippen molar-refractivity contribution >= 4 is 10.2 Å². The Morgan fingerprint density at radius 2 is 2.40 bits per heavy atom. The Morgan fingerprint density at radius 1 is 1.60 bits per heavy atom. The minimum Gasteiger partial charge on any atom is -0.382 e. The average Bonchev–Trinajstić information content (AvgIpc) is 1.89. The molecule has 60 valence electrons. The second kappa shape index (κ2) is 3.51. The van der Waals surface area contributed by atoms with Crippen molar-refractivity contribution in [1.29, 1.82) is 0 Å². The molecule has 1 aliphatic heterocycles. The van der Waals surface area contributed by atoms with Crippen molar-refractivity contribution in [3.8, 4) is 0 Å². The Kier molecular flexibility index (Phi) is 2.89. The molecule has 0 amide bonds. The van der Waals surface area contributed by atoms with Crippen molar-refractivity contribution in [3.05, 3.63) is 0 Å². The quantitative estimate of drug-likeness (QED) is 0.525. The normalized spacial score (nSPS) is 34.5. The van der Waals surface area contributed by atoms with Crippen molar-refractivity contribution in [2.45, 2.75) is 24.5 Å². The summed E-state index contributed by atoms with van der Waals surface area (Å²) in [4.78, 5) is 0. The highest BCUT2D eigenvalue weighted by molar-refractivity contribution is 6.14. The van der Waals surface area contributed by atoms with Gasteiger partial charge in [0.05, 0.1) is 11.8 Å². The predicted octanol–water partition coefficient (Wildman–Crippen LogP) is -0.105. The molecular formula is C7H16O2Si. The summed E-state index contributed by atoms with van der Waals surface area (Å²) in [6.45, 7) is 1.73. The van der Waals surface area contributed by atoms with E-state index in [1.54, 1.807) is 7.11 Å². The first-order valence-electron chi connectivity index (χ1n) is 3.90. The third-order valence-corrected chi connectivity index (χ3v) is 3.08. The summed E-state index contributed by atoms with van der Waals surface area (Å²) in [5.41, 5.74) is 0. The Morgan fingerprint density at radius 3 is 2.90 bits per heavy atom. The highest BCUT2D eigenvalue weighted by Crippen LogP contribution is 2.21. The van der Waals surface area contributed by atoms with Gasteiger partial charge in [-0.2, -0.15) is 0 Å². The molecule has 3 heteroatoms. The molecule has 0 aromatic carbocycles. The van der Waals surface area contributed by atoms with Crippen LogP contribution in [0.25, 0.3) is 0 Å². The lowest BCUT2D eigenvalue weighted by Gasteiger charge is -2.33. The molecule has 0 N–H and O–H groups in total. The third-order valence-electron chi connectivity index (χ3n) is 2.00. The van der Waals surface area contributed by atoms with Crippen LogP contribution in [0.15, 0.2) is 0 Å². The molecule has 1 fully saturated rings. The maximum atomic E-state index is 5.64. The fourth-order valence-electron chi connectivity index (χ4n) is 1.41. The zero-order valence-corrected chi connectivity index (χ0v) is 8.85. The van der Waals surface area contributed by atoms with Gasteiger partial charge in [-0.3, -0.25) is 0 Å². The van der Waals surface area contributed by atoms with Crippen LogP contribution in [0, 0.1) is 0 Å². The Balaban J connectivity index is 2.32. The molecule has 1 heterocycles. The smallest absolute Gasteiger partial charge is 0.0712 e. The van der Waals surface area contributed by atoms with E-state index in [1.165, 1.54) is 19.3 Å². The van der Waals surface area contributed by atoms with Crippen LogP contribution in [0.1, 0.15) is 19.3 Å². The summed E-state index contributed by atoms with van der Waals surface area (Å²) >= 11 is 0. The van der Waals surface area contributed by atoms with Crippen LogP contribution in [0.2, 0.25) is 0 Å². The number of ether oxygens (including phenoxy) is 2. The van der Waals surface area contributed by atoms with Crippen molar-refractivity contribution in [2.24, 2.45) is 0 Å². The summed E-state index contributed by atoms with van der Waals surface area (Å²) in [7, 11) is 2.84. The van der Waals surface area contributed by atoms with Crippen LogP contribution < -0.4 is 0 Å². The van der Waals surface area contributed by atoms with Gasteiger partial charge in [-0.05, 0) is 19.3 Å². The van der Waals surface area contributed by atoms with Crippen LogP contribution in [0.4, 0.5) is 0 Å². The Hall–Kier alpha value is 0.137. The molecule has 0 aromatic rings. The van der Waals surface area contributed by atoms with Crippen LogP contribution in [0.5, 0.6) is 0 Å². The maximum Gasteiger partial charge on any atom is 0.0712 e. The topological polar surface area (TPSA) is 18.5 Å². The standard InChI is InChI=1S/C7H16O2Si/c1-8-6-7(10)4-2-3-5-9-7/h2-6H2,1,10H3. The average molecular weight is 160 g/mol. The Labute approximate surface area is 65.3 Å². The van der Waals surface area contributed by atoms with Gasteiger partial charge in [0.25, 0.3) is 0 Å². The molecule has 0 saturated carbocycles. The molecule has 10 heavy (non-hydrogen) atoms. The van der Waals surface area contributed by atoms with Crippen LogP contribution >= 0.6 is 0 Å². The molecule has 1 rings (SSSR count). The van der Waals surface area contributed by atoms with Crippen molar-refractivity contribution in [3.63, 3.8) is 0 Å². The van der Waals surface area contributed by atoms with Gasteiger partial charge in [0, 0.05) is 24.0 Å². The van der Waals surface area contributed by atoms with Gasteiger partial charge in [-0.1, -0.05) is 0 Å². The number of rotatable bonds is 2. The second-order valence-corrected chi connectivity index (χ2v) is 5.01. The van der Waals surface area contributed by atoms with Crippen LogP contribution in [-0.2, 0) is 9.47 Å². The summed E-state index contributed by atoms with van der Waals surface area (Å²) in [5.74, 6) is 0. The molecule has 1 unspecified atom stereocenters. The van der Waals surface area contributed by atoms with E-state index in [0.29, 0.717) is 0 Å². The predicted molar refractivity (Wildman–Crippen MR) is 44.3 cm³/mol. The van der Waals surface area contributed by atoms with Crippen LogP contribution in [-0.4, -0.2) is 35.8 Å². The van der Waals surface area contributed by atoms with E-state index in [-0.39, 0.29) is 5.22 Å². The van der Waals surface area contributed by atoms with Gasteiger partial charge in [0.1, 0.15) is 0 Å². The van der Waals surface area contributed by atoms with E-state index in [2.05, 4.69) is 0 Å². The van der Waals surface area contributed by atoms with E-state index in [0.717, 1.165) is 23.5 Å². The first kappa shape index (κ1) is 8.24. The molecule has 0 aliphatic carbocycles. The molecule has 1 atom stereocenters. The van der Waals surface area contributed by atoms with Gasteiger partial charge in [0.15, 0.2) is 0 Å². The van der Waals surface area contributed by atoms with Gasteiger partial charge in [0.2, 0.25) is 0 Å². The maximum absolute atomic E-state index is 5.64. The van der Waals surface area contributed by atoms with Crippen molar-refractivity contribution < 1.29 is 9.47 Å². The molecule has 0 aromatic heterocycles. The van der Waals surface area contributed by atoms with E-state index in [4.69, 9.17) is 9.47 Å². The zero-order valence-electron chi connectivity index (χ0n) is 6.85. The molecule has 0 radical (unpaired) electrons. The second-order valence-electron chi connectivity index (χ2n) is 3.19. The highest BCUT2D eigenvalue weighted by Gasteiger charge is 2.26. The van der Waals surface area contributed by atoms with Gasteiger partial charge in [-0.15, -0.1) is 0 Å². The zero-order chi connectivity index (χ0) is 7.45. The van der Waals surface area contributed by atoms with Gasteiger partial charge in [-0.25, -0.2) is 0 Å². The van der Waals surface area contributed by atoms with Crippen LogP contribution in [0.3, 0.4) is 0 Å². The van der Waals surface area contributed by atoms with E-state index < -0.39 is 0 Å². The van der Waals surface area contributed by atoms with Crippen molar-refractivity contribution in [2.75, 3.05) is 20.3 Å². The van der Waals surface area contributed by atoms with Gasteiger partial charge >= 0.3 is 0 Å². The summed E-state index contributed by atoms with van der Waals surface area (Å²) in [5, 5.41) is 0.146.